The Hall–Kier alpha value is -4.47. The number of halogens is 4. The lowest BCUT2D eigenvalue weighted by atomic mass is 10.2. The molecule has 2 aliphatic rings. The number of anilines is 2. The summed E-state index contributed by atoms with van der Waals surface area (Å²) in [5.41, 5.74) is 2.66. The third-order valence-corrected chi connectivity index (χ3v) is 18.5. The summed E-state index contributed by atoms with van der Waals surface area (Å²) >= 11 is 26.5. The van der Waals surface area contributed by atoms with Crippen LogP contribution in [0.4, 0.5) is 11.4 Å². The SMILES string of the molecule is COc1cccc(N2CCN(S(=O)(=O)c3ccc(CNC(=O)c4ccc(Cl)cc4)s3)CC2)c1.O=C(NCc1ccc(S(=O)(=O)N2CCN(c3c(Cl)cncc3Cl)CC2)s1)c1ccc(Cl)cc1. The van der Waals surface area contributed by atoms with Gasteiger partial charge in [-0.2, -0.15) is 8.61 Å². The molecule has 2 amide bonds. The van der Waals surface area contributed by atoms with Crippen molar-refractivity contribution < 1.29 is 31.2 Å². The van der Waals surface area contributed by atoms with Gasteiger partial charge in [-0.15, -0.1) is 22.7 Å². The van der Waals surface area contributed by atoms with Gasteiger partial charge in [0.15, 0.2) is 0 Å². The Kier molecular flexibility index (Phi) is 16.5. The van der Waals surface area contributed by atoms with Gasteiger partial charge in [0.1, 0.15) is 14.2 Å². The number of hydrogen-bond donors (Lipinski definition) is 2. The molecule has 5 heterocycles. The maximum Gasteiger partial charge on any atom is 0.252 e. The summed E-state index contributed by atoms with van der Waals surface area (Å²) < 4.78 is 61.3. The number of methoxy groups -OCH3 is 1. The maximum absolute atomic E-state index is 13.1. The van der Waals surface area contributed by atoms with E-state index in [1.54, 1.807) is 79.9 Å². The van der Waals surface area contributed by atoms with Gasteiger partial charge >= 0.3 is 0 Å². The van der Waals surface area contributed by atoms with E-state index in [0.29, 0.717) is 89.3 Å². The molecule has 3 aromatic heterocycles. The van der Waals surface area contributed by atoms with Gasteiger partial charge in [0.05, 0.1) is 35.9 Å². The molecule has 0 atom stereocenters. The van der Waals surface area contributed by atoms with Crippen molar-refractivity contribution in [3.63, 3.8) is 0 Å². The molecular weight excluding hydrogens is 1010 g/mol. The van der Waals surface area contributed by atoms with Crippen LogP contribution in [0.2, 0.25) is 20.1 Å². The maximum atomic E-state index is 13.1. The van der Waals surface area contributed by atoms with E-state index in [4.69, 9.17) is 51.1 Å². The van der Waals surface area contributed by atoms with E-state index in [2.05, 4.69) is 20.5 Å². The van der Waals surface area contributed by atoms with E-state index < -0.39 is 20.0 Å². The van der Waals surface area contributed by atoms with Gasteiger partial charge in [-0.25, -0.2) is 16.8 Å². The normalized spacial score (nSPS) is 14.9. The number of carbonyl (C=O) groups excluding carboxylic acids is 2. The van der Waals surface area contributed by atoms with Gasteiger partial charge in [0, 0.05) is 107 Å². The van der Waals surface area contributed by atoms with Crippen LogP contribution in [0.3, 0.4) is 0 Å². The van der Waals surface area contributed by atoms with Crippen molar-refractivity contribution in [3.05, 3.63) is 150 Å². The molecule has 0 spiro atoms. The second-order valence-corrected chi connectivity index (χ2v) is 23.1. The summed E-state index contributed by atoms with van der Waals surface area (Å²) in [6.45, 7) is 4.01. The summed E-state index contributed by atoms with van der Waals surface area (Å²) in [5, 5.41) is 7.59. The Morgan fingerprint density at radius 2 is 1.05 bits per heavy atom. The van der Waals surface area contributed by atoms with Crippen LogP contribution in [-0.4, -0.2) is 102 Å². The second-order valence-electron chi connectivity index (χ2n) is 14.8. The zero-order chi connectivity index (χ0) is 47.0. The van der Waals surface area contributed by atoms with Gasteiger partial charge < -0.3 is 25.2 Å². The molecule has 8 rings (SSSR count). The number of aromatic nitrogens is 1. The minimum absolute atomic E-state index is 0.231. The molecule has 2 N–H and O–H groups in total. The number of rotatable bonds is 13. The molecule has 0 unspecified atom stereocenters. The van der Waals surface area contributed by atoms with Crippen molar-refractivity contribution in [3.8, 4) is 5.75 Å². The highest BCUT2D eigenvalue weighted by molar-refractivity contribution is 7.91. The topological polar surface area (TPSA) is 162 Å². The Morgan fingerprint density at radius 3 is 1.48 bits per heavy atom. The number of sulfonamides is 2. The summed E-state index contributed by atoms with van der Waals surface area (Å²) in [4.78, 5) is 34.1. The standard InChI is InChI=1S/C23H24ClN3O4S2.C21H19Cl3N4O3S2/c1-31-20-4-2-3-19(15-20)26-11-13-27(14-12-26)33(29,30)22-10-9-21(32-22)16-25-23(28)17-5-7-18(24)8-6-17;22-15-3-1-14(2-4-15)21(29)26-11-16-5-6-19(32-16)33(30,31)28-9-7-27(8-10-28)20-17(23)12-25-13-18(20)24/h2-10,15H,11-14,16H2,1H3,(H,25,28);1-6,12-13H,7-11H2,(H,26,29). The third kappa shape index (κ3) is 12.2. The van der Waals surface area contributed by atoms with Crippen LogP contribution in [0, 0.1) is 0 Å². The average molecular weight is 1050 g/mol. The number of ether oxygens (including phenoxy) is 1. The van der Waals surface area contributed by atoms with Gasteiger partial charge in [0.2, 0.25) is 0 Å². The molecule has 6 aromatic rings. The Labute approximate surface area is 411 Å². The highest BCUT2D eigenvalue weighted by Gasteiger charge is 2.32. The molecule has 22 heteroatoms. The van der Waals surface area contributed by atoms with Crippen LogP contribution in [0.5, 0.6) is 5.75 Å². The first kappa shape index (κ1) is 49.4. The summed E-state index contributed by atoms with van der Waals surface area (Å²) in [6.07, 6.45) is 3.04. The van der Waals surface area contributed by atoms with Crippen molar-refractivity contribution >= 4 is 112 Å². The molecule has 2 aliphatic heterocycles. The number of amides is 2. The first-order chi connectivity index (χ1) is 31.6. The van der Waals surface area contributed by atoms with E-state index in [1.807, 2.05) is 29.2 Å². The van der Waals surface area contributed by atoms with Crippen LogP contribution < -0.4 is 25.2 Å². The molecule has 0 bridgehead atoms. The highest BCUT2D eigenvalue weighted by atomic mass is 35.5. The summed E-state index contributed by atoms with van der Waals surface area (Å²) in [7, 11) is -5.60. The fraction of sp³-hybridized carbons (Fsp3) is 0.250. The third-order valence-electron chi connectivity index (χ3n) is 10.6. The van der Waals surface area contributed by atoms with Crippen molar-refractivity contribution in [1.29, 1.82) is 0 Å². The smallest absolute Gasteiger partial charge is 0.252 e. The molecule has 14 nitrogen and oxygen atoms in total. The lowest BCUT2D eigenvalue weighted by Crippen LogP contribution is -2.48. The molecule has 3 aromatic carbocycles. The summed E-state index contributed by atoms with van der Waals surface area (Å²) in [6, 6.07) is 27.6. The minimum atomic E-state index is -3.64. The van der Waals surface area contributed by atoms with Gasteiger partial charge in [0.25, 0.3) is 31.9 Å². The first-order valence-electron chi connectivity index (χ1n) is 20.3. The van der Waals surface area contributed by atoms with E-state index >= 15 is 0 Å². The zero-order valence-corrected chi connectivity index (χ0v) is 41.5. The van der Waals surface area contributed by atoms with Crippen molar-refractivity contribution in [2.45, 2.75) is 21.5 Å². The number of nitrogens with one attached hydrogen (secondary N) is 2. The van der Waals surface area contributed by atoms with Gasteiger partial charge in [-0.3, -0.25) is 14.6 Å². The first-order valence-corrected chi connectivity index (χ1v) is 26.3. The lowest BCUT2D eigenvalue weighted by Gasteiger charge is -2.35. The number of piperazine rings is 2. The fourth-order valence-electron chi connectivity index (χ4n) is 7.03. The minimum Gasteiger partial charge on any atom is -0.497 e. The van der Waals surface area contributed by atoms with E-state index in [-0.39, 0.29) is 33.3 Å². The largest absolute Gasteiger partial charge is 0.497 e. The molecule has 348 valence electrons. The quantitative estimate of drug-likeness (QED) is 0.115. The van der Waals surface area contributed by atoms with Gasteiger partial charge in [-0.1, -0.05) is 52.5 Å². The van der Waals surface area contributed by atoms with Crippen LogP contribution >= 0.6 is 69.1 Å². The Bertz CT molecular complexity index is 2850. The molecule has 0 aliphatic carbocycles. The van der Waals surface area contributed by atoms with E-state index in [9.17, 15) is 26.4 Å². The second kappa shape index (κ2) is 22.1. The Balaban J connectivity index is 0.000000196. The number of pyridine rings is 1. The lowest BCUT2D eigenvalue weighted by molar-refractivity contribution is 0.0943. The molecular formula is C44H43Cl4N7O7S4. The molecule has 2 fully saturated rings. The molecule has 0 saturated carbocycles. The van der Waals surface area contributed by atoms with Crippen LogP contribution in [0.15, 0.2) is 118 Å². The summed E-state index contributed by atoms with van der Waals surface area (Å²) in [5.74, 6) is 0.281. The monoisotopic (exact) mass is 1050 g/mol. The molecule has 2 saturated heterocycles. The van der Waals surface area contributed by atoms with E-state index in [0.717, 1.165) is 32.5 Å². The number of carbonyl (C=O) groups is 2. The number of hydrogen-bond acceptors (Lipinski definition) is 12. The van der Waals surface area contributed by atoms with Crippen LogP contribution in [-0.2, 0) is 33.1 Å². The fourth-order valence-corrected chi connectivity index (χ4v) is 13.6. The van der Waals surface area contributed by atoms with Crippen LogP contribution in [0.25, 0.3) is 0 Å². The average Bonchev–Trinajstić information content (AvgIpc) is 4.03. The molecule has 66 heavy (non-hydrogen) atoms. The van der Waals surface area contributed by atoms with Crippen molar-refractivity contribution in [2.24, 2.45) is 0 Å². The molecule has 0 radical (unpaired) electrons. The van der Waals surface area contributed by atoms with Crippen LogP contribution in [0.1, 0.15) is 30.5 Å². The number of thiophene rings is 2. The Morgan fingerprint density at radius 1 is 0.606 bits per heavy atom. The predicted octanol–water partition coefficient (Wildman–Crippen LogP) is 8.40. The predicted molar refractivity (Wildman–Crippen MR) is 263 cm³/mol. The van der Waals surface area contributed by atoms with Crippen molar-refractivity contribution in [2.75, 3.05) is 69.3 Å². The number of benzene rings is 3. The number of nitrogens with zero attached hydrogens (tertiary/aromatic N) is 5. The highest BCUT2D eigenvalue weighted by Crippen LogP contribution is 2.34. The zero-order valence-electron chi connectivity index (χ0n) is 35.2. The van der Waals surface area contributed by atoms with Gasteiger partial charge in [-0.05, 0) is 84.9 Å². The van der Waals surface area contributed by atoms with Crippen molar-refractivity contribution in [1.82, 2.24) is 24.2 Å². The van der Waals surface area contributed by atoms with E-state index in [1.165, 1.54) is 32.3 Å².